The lowest BCUT2D eigenvalue weighted by Crippen LogP contribution is -2.63. The van der Waals surface area contributed by atoms with Crippen molar-refractivity contribution in [1.82, 2.24) is 10.2 Å². The Morgan fingerprint density at radius 3 is 2.81 bits per heavy atom. The standard InChI is InChI=1S/C17H24ClFN2/c1-13-10-20-17(7-3-2-4-8-17)12-21(13)11-14-5-6-15(18)9-16(14)19/h5-6,9,13,20H,2-4,7-8,10-12H2,1H3. The molecule has 1 spiro atoms. The van der Waals surface area contributed by atoms with Crippen molar-refractivity contribution < 1.29 is 4.39 Å². The maximum absolute atomic E-state index is 14.0. The molecule has 1 aliphatic heterocycles. The molecule has 2 nitrogen and oxygen atoms in total. The van der Waals surface area contributed by atoms with Crippen LogP contribution >= 0.6 is 11.6 Å². The van der Waals surface area contributed by atoms with Crippen LogP contribution in [-0.2, 0) is 6.54 Å². The Hall–Kier alpha value is -0.640. The summed E-state index contributed by atoms with van der Waals surface area (Å²) in [6, 6.07) is 5.45. The van der Waals surface area contributed by atoms with E-state index in [0.29, 0.717) is 17.6 Å². The third-order valence-electron chi connectivity index (χ3n) is 5.10. The molecule has 1 N–H and O–H groups in total. The summed E-state index contributed by atoms with van der Waals surface area (Å²) in [5, 5.41) is 4.23. The number of hydrogen-bond donors (Lipinski definition) is 1. The van der Waals surface area contributed by atoms with Crippen molar-refractivity contribution in [3.63, 3.8) is 0 Å². The van der Waals surface area contributed by atoms with Gasteiger partial charge in [0, 0.05) is 41.8 Å². The molecule has 1 heterocycles. The molecular formula is C17H24ClFN2. The van der Waals surface area contributed by atoms with Crippen LogP contribution in [0, 0.1) is 5.82 Å². The molecule has 1 aliphatic carbocycles. The third-order valence-corrected chi connectivity index (χ3v) is 5.34. The number of rotatable bonds is 2. The van der Waals surface area contributed by atoms with E-state index in [1.54, 1.807) is 6.07 Å². The van der Waals surface area contributed by atoms with Crippen LogP contribution in [-0.4, -0.2) is 29.6 Å². The summed E-state index contributed by atoms with van der Waals surface area (Å²) >= 11 is 5.84. The summed E-state index contributed by atoms with van der Waals surface area (Å²) in [6.07, 6.45) is 6.47. The Kier molecular flexibility index (Phi) is 4.53. The lowest BCUT2D eigenvalue weighted by molar-refractivity contribution is 0.0565. The lowest BCUT2D eigenvalue weighted by atomic mass is 9.79. The van der Waals surface area contributed by atoms with E-state index in [1.807, 2.05) is 6.07 Å². The summed E-state index contributed by atoms with van der Waals surface area (Å²) < 4.78 is 14.0. The van der Waals surface area contributed by atoms with Gasteiger partial charge in [-0.3, -0.25) is 4.90 Å². The van der Waals surface area contributed by atoms with E-state index in [9.17, 15) is 4.39 Å². The molecule has 1 saturated carbocycles. The third kappa shape index (κ3) is 3.41. The fraction of sp³-hybridized carbons (Fsp3) is 0.647. The summed E-state index contributed by atoms with van der Waals surface area (Å²) in [5.41, 5.74) is 1.01. The molecule has 0 radical (unpaired) electrons. The average Bonchev–Trinajstić information content (AvgIpc) is 2.47. The summed E-state index contributed by atoms with van der Waals surface area (Å²) in [5.74, 6) is -0.189. The molecule has 1 saturated heterocycles. The zero-order valence-corrected chi connectivity index (χ0v) is 13.4. The van der Waals surface area contributed by atoms with Crippen LogP contribution < -0.4 is 5.32 Å². The van der Waals surface area contributed by atoms with Crippen LogP contribution in [0.1, 0.15) is 44.6 Å². The van der Waals surface area contributed by atoms with E-state index in [4.69, 9.17) is 11.6 Å². The Bertz CT molecular complexity index is 500. The number of nitrogens with zero attached hydrogens (tertiary/aromatic N) is 1. The fourth-order valence-electron chi connectivity index (χ4n) is 3.74. The van der Waals surface area contributed by atoms with Crippen molar-refractivity contribution in [2.75, 3.05) is 13.1 Å². The van der Waals surface area contributed by atoms with Crippen LogP contribution in [0.5, 0.6) is 0 Å². The second-order valence-electron chi connectivity index (χ2n) is 6.71. The van der Waals surface area contributed by atoms with E-state index in [1.165, 1.54) is 38.2 Å². The smallest absolute Gasteiger partial charge is 0.129 e. The van der Waals surface area contributed by atoms with E-state index in [2.05, 4.69) is 17.1 Å². The van der Waals surface area contributed by atoms with Crippen LogP contribution in [0.15, 0.2) is 18.2 Å². The second kappa shape index (κ2) is 6.23. The van der Waals surface area contributed by atoms with Gasteiger partial charge in [0.15, 0.2) is 0 Å². The van der Waals surface area contributed by atoms with E-state index < -0.39 is 0 Å². The molecule has 1 unspecified atom stereocenters. The topological polar surface area (TPSA) is 15.3 Å². The molecule has 21 heavy (non-hydrogen) atoms. The van der Waals surface area contributed by atoms with Gasteiger partial charge in [-0.2, -0.15) is 0 Å². The first kappa shape index (κ1) is 15.3. The molecule has 0 aromatic heterocycles. The molecule has 1 aromatic carbocycles. The second-order valence-corrected chi connectivity index (χ2v) is 7.15. The quantitative estimate of drug-likeness (QED) is 0.889. The number of hydrogen-bond acceptors (Lipinski definition) is 2. The SMILES string of the molecule is CC1CNC2(CCCCC2)CN1Cc1ccc(Cl)cc1F. The van der Waals surface area contributed by atoms with Gasteiger partial charge < -0.3 is 5.32 Å². The van der Waals surface area contributed by atoms with Crippen molar-refractivity contribution in [3.05, 3.63) is 34.6 Å². The Morgan fingerprint density at radius 2 is 2.10 bits per heavy atom. The first-order chi connectivity index (χ1) is 10.1. The molecule has 116 valence electrons. The monoisotopic (exact) mass is 310 g/mol. The number of halogens is 2. The van der Waals surface area contributed by atoms with Gasteiger partial charge in [-0.05, 0) is 31.9 Å². The van der Waals surface area contributed by atoms with Crippen LogP contribution in [0.4, 0.5) is 4.39 Å². The van der Waals surface area contributed by atoms with Crippen molar-refractivity contribution in [1.29, 1.82) is 0 Å². The van der Waals surface area contributed by atoms with Gasteiger partial charge in [0.25, 0.3) is 0 Å². The van der Waals surface area contributed by atoms with Crippen LogP contribution in [0.2, 0.25) is 5.02 Å². The van der Waals surface area contributed by atoms with Gasteiger partial charge in [-0.1, -0.05) is 36.9 Å². The van der Waals surface area contributed by atoms with E-state index >= 15 is 0 Å². The molecule has 1 atom stereocenters. The number of nitrogens with one attached hydrogen (secondary N) is 1. The molecule has 0 bridgehead atoms. The highest BCUT2D eigenvalue weighted by Crippen LogP contribution is 2.32. The van der Waals surface area contributed by atoms with Gasteiger partial charge in [-0.15, -0.1) is 0 Å². The van der Waals surface area contributed by atoms with Crippen molar-refractivity contribution >= 4 is 11.6 Å². The number of benzene rings is 1. The summed E-state index contributed by atoms with van der Waals surface area (Å²) in [6.45, 7) is 4.91. The van der Waals surface area contributed by atoms with Gasteiger partial charge >= 0.3 is 0 Å². The largest absolute Gasteiger partial charge is 0.308 e. The summed E-state index contributed by atoms with van der Waals surface area (Å²) in [4.78, 5) is 2.42. The van der Waals surface area contributed by atoms with Crippen LogP contribution in [0.25, 0.3) is 0 Å². The van der Waals surface area contributed by atoms with Crippen molar-refractivity contribution in [3.8, 4) is 0 Å². The normalized spacial score (nSPS) is 26.1. The maximum atomic E-state index is 14.0. The first-order valence-electron chi connectivity index (χ1n) is 8.01. The minimum Gasteiger partial charge on any atom is -0.308 e. The minimum absolute atomic E-state index is 0.189. The Balaban J connectivity index is 1.73. The minimum atomic E-state index is -0.189. The average molecular weight is 311 g/mol. The van der Waals surface area contributed by atoms with Gasteiger partial charge in [0.2, 0.25) is 0 Å². The Morgan fingerprint density at radius 1 is 1.33 bits per heavy atom. The molecule has 0 amide bonds. The van der Waals surface area contributed by atoms with Crippen molar-refractivity contribution in [2.45, 2.75) is 57.2 Å². The highest BCUT2D eigenvalue weighted by Gasteiger charge is 2.38. The van der Waals surface area contributed by atoms with Crippen molar-refractivity contribution in [2.24, 2.45) is 0 Å². The Labute approximate surface area is 131 Å². The molecule has 3 rings (SSSR count). The zero-order valence-electron chi connectivity index (χ0n) is 12.7. The van der Waals surface area contributed by atoms with Gasteiger partial charge in [0.1, 0.15) is 5.82 Å². The predicted octanol–water partition coefficient (Wildman–Crippen LogP) is 3.98. The highest BCUT2D eigenvalue weighted by molar-refractivity contribution is 6.30. The van der Waals surface area contributed by atoms with Gasteiger partial charge in [-0.25, -0.2) is 4.39 Å². The molecule has 2 fully saturated rings. The molecular weight excluding hydrogens is 287 g/mol. The first-order valence-corrected chi connectivity index (χ1v) is 8.39. The van der Waals surface area contributed by atoms with Crippen LogP contribution in [0.3, 0.4) is 0 Å². The zero-order chi connectivity index (χ0) is 14.9. The molecule has 2 aliphatic rings. The fourth-order valence-corrected chi connectivity index (χ4v) is 3.90. The number of piperazine rings is 1. The predicted molar refractivity (Wildman–Crippen MR) is 85.1 cm³/mol. The molecule has 4 heteroatoms. The molecule has 1 aromatic rings. The summed E-state index contributed by atoms with van der Waals surface area (Å²) in [7, 11) is 0. The van der Waals surface area contributed by atoms with E-state index in [0.717, 1.165) is 18.7 Å². The van der Waals surface area contributed by atoms with Gasteiger partial charge in [0.05, 0.1) is 0 Å². The highest BCUT2D eigenvalue weighted by atomic mass is 35.5. The maximum Gasteiger partial charge on any atom is 0.129 e. The lowest BCUT2D eigenvalue weighted by Gasteiger charge is -2.49. The van der Waals surface area contributed by atoms with E-state index in [-0.39, 0.29) is 11.4 Å².